The minimum atomic E-state index is -0.807. The number of hydroxylamine groups is 2. The maximum absolute atomic E-state index is 12.7. The van der Waals surface area contributed by atoms with Crippen molar-refractivity contribution in [1.82, 2.24) is 10.4 Å². The molecule has 4 rings (SSSR count). The summed E-state index contributed by atoms with van der Waals surface area (Å²) in [6.07, 6.45) is -0.303. The molecule has 6 heteroatoms. The second kappa shape index (κ2) is 9.66. The average Bonchev–Trinajstić information content (AvgIpc) is 3.15. The second-order valence-corrected chi connectivity index (χ2v) is 7.73. The standard InChI is InChI=1S/C26H26N2O4/c1-28(31-2)25(29)24(16-18-10-4-3-5-11-18)27-26(30)32-17-23-21-14-8-6-12-19(21)20-13-7-9-15-22(20)23/h3-15,23-24H,16-17H2,1-2H3,(H,27,30)/t24-/m1/s1. The van der Waals surface area contributed by atoms with Gasteiger partial charge in [-0.05, 0) is 27.8 Å². The molecule has 0 bridgehead atoms. The van der Waals surface area contributed by atoms with Gasteiger partial charge in [0.25, 0.3) is 5.91 Å². The van der Waals surface area contributed by atoms with Crippen LogP contribution in [0.3, 0.4) is 0 Å². The van der Waals surface area contributed by atoms with Crippen molar-refractivity contribution in [3.8, 4) is 11.1 Å². The molecule has 3 aromatic rings. The van der Waals surface area contributed by atoms with E-state index in [-0.39, 0.29) is 18.4 Å². The van der Waals surface area contributed by atoms with Crippen LogP contribution in [0.5, 0.6) is 0 Å². The van der Waals surface area contributed by atoms with Crippen molar-refractivity contribution in [3.05, 3.63) is 95.6 Å². The van der Waals surface area contributed by atoms with Gasteiger partial charge >= 0.3 is 6.09 Å². The molecular weight excluding hydrogens is 404 g/mol. The molecule has 164 valence electrons. The van der Waals surface area contributed by atoms with Crippen molar-refractivity contribution < 1.29 is 19.2 Å². The third kappa shape index (κ3) is 4.50. The molecule has 0 saturated heterocycles. The van der Waals surface area contributed by atoms with Crippen LogP contribution in [-0.4, -0.2) is 43.9 Å². The maximum Gasteiger partial charge on any atom is 0.407 e. The molecule has 0 spiro atoms. The van der Waals surface area contributed by atoms with Gasteiger partial charge < -0.3 is 10.1 Å². The molecule has 0 unspecified atom stereocenters. The Morgan fingerprint density at radius 2 is 1.47 bits per heavy atom. The van der Waals surface area contributed by atoms with Gasteiger partial charge in [0.2, 0.25) is 0 Å². The lowest BCUT2D eigenvalue weighted by atomic mass is 9.98. The van der Waals surface area contributed by atoms with Gasteiger partial charge in [0.1, 0.15) is 12.6 Å². The molecule has 0 saturated carbocycles. The van der Waals surface area contributed by atoms with Gasteiger partial charge in [0.05, 0.1) is 7.11 Å². The van der Waals surface area contributed by atoms with E-state index in [1.807, 2.05) is 54.6 Å². The van der Waals surface area contributed by atoms with Gasteiger partial charge in [-0.25, -0.2) is 9.86 Å². The summed E-state index contributed by atoms with van der Waals surface area (Å²) in [6.45, 7) is 0.187. The fraction of sp³-hybridized carbons (Fsp3) is 0.231. The van der Waals surface area contributed by atoms with Crippen LogP contribution in [0.4, 0.5) is 4.79 Å². The number of amides is 2. The molecule has 1 aliphatic rings. The molecule has 1 aliphatic carbocycles. The molecular formula is C26H26N2O4. The molecule has 1 N–H and O–H groups in total. The smallest absolute Gasteiger partial charge is 0.407 e. The van der Waals surface area contributed by atoms with E-state index in [0.717, 1.165) is 32.9 Å². The van der Waals surface area contributed by atoms with Crippen LogP contribution in [0, 0.1) is 0 Å². The van der Waals surface area contributed by atoms with Crippen LogP contribution >= 0.6 is 0 Å². The minimum absolute atomic E-state index is 0.0435. The Morgan fingerprint density at radius 1 is 0.906 bits per heavy atom. The average molecular weight is 431 g/mol. The molecule has 0 radical (unpaired) electrons. The van der Waals surface area contributed by atoms with Crippen LogP contribution in [0.1, 0.15) is 22.6 Å². The summed E-state index contributed by atoms with van der Waals surface area (Å²) in [6, 6.07) is 25.0. The molecule has 2 amide bonds. The molecule has 0 aliphatic heterocycles. The van der Waals surface area contributed by atoms with E-state index < -0.39 is 12.1 Å². The first-order chi connectivity index (χ1) is 15.6. The second-order valence-electron chi connectivity index (χ2n) is 7.73. The van der Waals surface area contributed by atoms with Crippen LogP contribution in [0.15, 0.2) is 78.9 Å². The third-order valence-electron chi connectivity index (χ3n) is 5.80. The van der Waals surface area contributed by atoms with Crippen LogP contribution in [0.2, 0.25) is 0 Å². The van der Waals surface area contributed by atoms with Gasteiger partial charge in [0.15, 0.2) is 0 Å². The monoisotopic (exact) mass is 430 g/mol. The Kier molecular flexibility index (Phi) is 6.52. The van der Waals surface area contributed by atoms with Crippen molar-refractivity contribution in [3.63, 3.8) is 0 Å². The number of fused-ring (bicyclic) bond motifs is 3. The largest absolute Gasteiger partial charge is 0.449 e. The number of alkyl carbamates (subject to hydrolysis) is 1. The Balaban J connectivity index is 1.46. The van der Waals surface area contributed by atoms with Crippen LogP contribution in [0.25, 0.3) is 11.1 Å². The van der Waals surface area contributed by atoms with E-state index in [4.69, 9.17) is 9.57 Å². The number of carbonyl (C=O) groups is 2. The maximum atomic E-state index is 12.7. The van der Waals surface area contributed by atoms with Gasteiger partial charge in [-0.2, -0.15) is 0 Å². The Hall–Kier alpha value is -3.64. The zero-order valence-corrected chi connectivity index (χ0v) is 18.2. The van der Waals surface area contributed by atoms with E-state index in [1.165, 1.54) is 14.2 Å². The Bertz CT molecular complexity index is 1050. The highest BCUT2D eigenvalue weighted by atomic mass is 16.7. The number of nitrogens with zero attached hydrogens (tertiary/aromatic N) is 1. The van der Waals surface area contributed by atoms with Crippen molar-refractivity contribution in [2.24, 2.45) is 0 Å². The minimum Gasteiger partial charge on any atom is -0.449 e. The van der Waals surface area contributed by atoms with Crippen LogP contribution in [-0.2, 0) is 20.8 Å². The number of rotatable bonds is 7. The Labute approximate surface area is 187 Å². The highest BCUT2D eigenvalue weighted by Crippen LogP contribution is 2.44. The fourth-order valence-corrected chi connectivity index (χ4v) is 4.14. The van der Waals surface area contributed by atoms with E-state index in [0.29, 0.717) is 6.42 Å². The number of likely N-dealkylation sites (N-methyl/N-ethyl adjacent to an activating group) is 1. The van der Waals surface area contributed by atoms with E-state index in [2.05, 4.69) is 29.6 Å². The quantitative estimate of drug-likeness (QED) is 0.572. The first-order valence-corrected chi connectivity index (χ1v) is 10.6. The summed E-state index contributed by atoms with van der Waals surface area (Å²) < 4.78 is 5.61. The zero-order chi connectivity index (χ0) is 22.5. The molecule has 0 aromatic heterocycles. The fourth-order valence-electron chi connectivity index (χ4n) is 4.14. The van der Waals surface area contributed by atoms with Gasteiger partial charge in [0, 0.05) is 19.4 Å². The first-order valence-electron chi connectivity index (χ1n) is 10.6. The third-order valence-corrected chi connectivity index (χ3v) is 5.80. The van der Waals surface area contributed by atoms with Crippen molar-refractivity contribution in [1.29, 1.82) is 0 Å². The van der Waals surface area contributed by atoms with Gasteiger partial charge in [-0.1, -0.05) is 78.9 Å². The number of ether oxygens (including phenoxy) is 1. The highest BCUT2D eigenvalue weighted by Gasteiger charge is 2.30. The Morgan fingerprint density at radius 3 is 2.06 bits per heavy atom. The number of carbonyl (C=O) groups excluding carboxylic acids is 2. The summed E-state index contributed by atoms with van der Waals surface area (Å²) in [4.78, 5) is 30.5. The highest BCUT2D eigenvalue weighted by molar-refractivity contribution is 5.85. The van der Waals surface area contributed by atoms with Gasteiger partial charge in [-0.3, -0.25) is 9.63 Å². The van der Waals surface area contributed by atoms with Crippen molar-refractivity contribution >= 4 is 12.0 Å². The predicted octanol–water partition coefficient (Wildman–Crippen LogP) is 4.16. The molecule has 1 atom stereocenters. The molecule has 3 aromatic carbocycles. The molecule has 0 heterocycles. The van der Waals surface area contributed by atoms with Crippen molar-refractivity contribution in [2.75, 3.05) is 20.8 Å². The lowest BCUT2D eigenvalue weighted by Crippen LogP contribution is -2.48. The summed E-state index contributed by atoms with van der Waals surface area (Å²) >= 11 is 0. The van der Waals surface area contributed by atoms with Crippen LogP contribution < -0.4 is 5.32 Å². The van der Waals surface area contributed by atoms with Crippen molar-refractivity contribution in [2.45, 2.75) is 18.4 Å². The SMILES string of the molecule is CON(C)C(=O)[C@@H](Cc1ccccc1)NC(=O)OCC1c2ccccc2-c2ccccc21. The summed E-state index contributed by atoms with van der Waals surface area (Å²) in [5, 5.41) is 3.83. The van der Waals surface area contributed by atoms with E-state index in [9.17, 15) is 9.59 Å². The lowest BCUT2D eigenvalue weighted by molar-refractivity contribution is -0.170. The summed E-state index contributed by atoms with van der Waals surface area (Å²) in [5.41, 5.74) is 5.52. The molecule has 0 fully saturated rings. The van der Waals surface area contributed by atoms with Gasteiger partial charge in [-0.15, -0.1) is 0 Å². The normalized spacial score (nSPS) is 13.1. The lowest BCUT2D eigenvalue weighted by Gasteiger charge is -2.23. The molecule has 6 nitrogen and oxygen atoms in total. The number of hydrogen-bond acceptors (Lipinski definition) is 4. The van der Waals surface area contributed by atoms with E-state index in [1.54, 1.807) is 0 Å². The predicted molar refractivity (Wildman–Crippen MR) is 122 cm³/mol. The number of nitrogens with one attached hydrogen (secondary N) is 1. The summed E-state index contributed by atoms with van der Waals surface area (Å²) in [7, 11) is 2.92. The first kappa shape index (κ1) is 21.6. The number of benzene rings is 3. The zero-order valence-electron chi connectivity index (χ0n) is 18.2. The topological polar surface area (TPSA) is 67.9 Å². The molecule has 32 heavy (non-hydrogen) atoms. The summed E-state index contributed by atoms with van der Waals surface area (Å²) in [5.74, 6) is -0.400. The van der Waals surface area contributed by atoms with E-state index >= 15 is 0 Å². The number of hydrogen-bond donors (Lipinski definition) is 1.